The van der Waals surface area contributed by atoms with Crippen LogP contribution in [0.25, 0.3) is 0 Å². The third-order valence-electron chi connectivity index (χ3n) is 0.0772. The van der Waals surface area contributed by atoms with Crippen molar-refractivity contribution in [2.75, 3.05) is 11.9 Å². The van der Waals surface area contributed by atoms with E-state index in [0.29, 0.717) is 6.61 Å². The van der Waals surface area contributed by atoms with E-state index in [2.05, 4.69) is 21.0 Å². The van der Waals surface area contributed by atoms with E-state index in [9.17, 15) is 0 Å². The van der Waals surface area contributed by atoms with Gasteiger partial charge in [-0.05, 0) is 0 Å². The van der Waals surface area contributed by atoms with Gasteiger partial charge in [0.1, 0.15) is 0 Å². The first-order valence-electron chi connectivity index (χ1n) is 1.46. The molecule has 0 aliphatic rings. The van der Waals surface area contributed by atoms with Crippen LogP contribution < -0.4 is 0 Å². The number of aliphatic hydroxyl groups excluding tert-OH is 1. The predicted molar refractivity (Wildman–Crippen MR) is 20.9 cm³/mol. The maximum atomic E-state index is 6.07. The summed E-state index contributed by atoms with van der Waals surface area (Å²) in [5.41, 5.74) is 0. The summed E-state index contributed by atoms with van der Waals surface area (Å²) in [6, 6.07) is 0. The second-order valence-corrected chi connectivity index (χ2v) is 1.19. The van der Waals surface area contributed by atoms with Gasteiger partial charge in [0.15, 0.2) is 0 Å². The highest BCUT2D eigenvalue weighted by Crippen LogP contribution is 1.69. The van der Waals surface area contributed by atoms with Crippen molar-refractivity contribution in [1.82, 2.24) is 0 Å². The van der Waals surface area contributed by atoms with E-state index >= 15 is 0 Å². The minimum absolute atomic E-state index is 0.472. The zero-order valence-electron chi connectivity index (χ0n) is 3.20. The minimum Gasteiger partial charge on any atom is -0.396 e. The molecular formula is C2H5BrO. The number of alkyl halides is 1. The molecule has 0 aromatic rings. The number of hydrogen-bond donors (Lipinski definition) is 1. The van der Waals surface area contributed by atoms with Gasteiger partial charge in [-0.25, -0.2) is 0 Å². The summed E-state index contributed by atoms with van der Waals surface area (Å²) in [4.78, 5) is 0. The summed E-state index contributed by atoms with van der Waals surface area (Å²) in [5.74, 6) is 0. The lowest BCUT2D eigenvalue weighted by Crippen LogP contribution is -1.75. The fraction of sp³-hybridized carbons (Fsp3) is 1.00. The van der Waals surface area contributed by atoms with Crippen LogP contribution in [0, 0.1) is 0 Å². The van der Waals surface area contributed by atoms with Crippen molar-refractivity contribution in [1.29, 1.82) is 1.43 Å². The molecule has 4 heavy (non-hydrogen) atoms. The van der Waals surface area contributed by atoms with Crippen LogP contribution in [0.5, 0.6) is 0 Å². The molecule has 0 saturated heterocycles. The molecule has 0 fully saturated rings. The lowest BCUT2D eigenvalue weighted by atomic mass is 10.9. The summed E-state index contributed by atoms with van der Waals surface area (Å²) < 4.78 is 6.07. The van der Waals surface area contributed by atoms with Crippen LogP contribution in [-0.2, 0) is 0 Å². The van der Waals surface area contributed by atoms with Gasteiger partial charge in [-0.2, -0.15) is 0 Å². The van der Waals surface area contributed by atoms with Crippen molar-refractivity contribution in [2.24, 2.45) is 0 Å². The first-order valence-corrected chi connectivity index (χ1v) is 2.18. The van der Waals surface area contributed by atoms with E-state index in [4.69, 9.17) is 1.43 Å². The second-order valence-electron chi connectivity index (χ2n) is 0.393. The van der Waals surface area contributed by atoms with Gasteiger partial charge in [-0.1, -0.05) is 15.9 Å². The molecule has 0 rings (SSSR count). The molecule has 0 spiro atoms. The average Bonchev–Trinajstić information content (AvgIpc) is 1.41. The van der Waals surface area contributed by atoms with Crippen molar-refractivity contribution in [3.05, 3.63) is 0 Å². The highest BCUT2D eigenvalue weighted by molar-refractivity contribution is 9.09. The van der Waals surface area contributed by atoms with Crippen LogP contribution in [0.4, 0.5) is 0 Å². The van der Waals surface area contributed by atoms with Gasteiger partial charge in [0, 0.05) is 5.33 Å². The maximum Gasteiger partial charge on any atom is 0.210 e. The van der Waals surface area contributed by atoms with Crippen LogP contribution in [-0.4, -0.2) is 18.5 Å². The van der Waals surface area contributed by atoms with Crippen LogP contribution >= 0.6 is 15.9 Å². The Hall–Kier alpha value is 0.440. The first-order chi connectivity index (χ1) is 2.41. The molecule has 0 atom stereocenters. The van der Waals surface area contributed by atoms with Gasteiger partial charge >= 0.3 is 0 Å². The first kappa shape index (κ1) is 2.67. The normalized spacial score (nSPS) is 10.8. The van der Waals surface area contributed by atoms with E-state index < -0.39 is 0 Å². The molecule has 0 aromatic carbocycles. The largest absolute Gasteiger partial charge is 0.396 e. The number of rotatable bonds is 2. The molecule has 0 aliphatic carbocycles. The molecule has 0 amide bonds. The second kappa shape index (κ2) is 3.44. The molecule has 0 saturated carbocycles. The molecule has 0 radical (unpaired) electrons. The fourth-order valence-corrected chi connectivity index (χ4v) is 0. The van der Waals surface area contributed by atoms with Crippen molar-refractivity contribution in [2.45, 2.75) is 0 Å². The molecule has 0 aliphatic heterocycles. The van der Waals surface area contributed by atoms with E-state index in [-0.39, 0.29) is 0 Å². The van der Waals surface area contributed by atoms with Crippen molar-refractivity contribution in [3.8, 4) is 0 Å². The number of aliphatic hydroxyl groups is 1. The van der Waals surface area contributed by atoms with Crippen molar-refractivity contribution in [3.63, 3.8) is 0 Å². The van der Waals surface area contributed by atoms with E-state index in [1.807, 2.05) is 0 Å². The smallest absolute Gasteiger partial charge is 0.210 e. The number of halogens is 1. The standard InChI is InChI=1S/C2H5BrO/c3-1-2-4/h4H,1-2H2/i4T. The Bertz CT molecular complexity index is 17.1. The van der Waals surface area contributed by atoms with Gasteiger partial charge in [-0.15, -0.1) is 0 Å². The molecule has 2 heteroatoms. The summed E-state index contributed by atoms with van der Waals surface area (Å²) in [7, 11) is 0. The zero-order valence-corrected chi connectivity index (χ0v) is 3.79. The molecule has 1 N–H and O–H groups in total. The summed E-state index contributed by atoms with van der Waals surface area (Å²) in [5, 5.41) is 4.64. The van der Waals surface area contributed by atoms with E-state index in [1.165, 1.54) is 0 Å². The summed E-state index contributed by atoms with van der Waals surface area (Å²) in [6.07, 6.45) is 0. The highest BCUT2D eigenvalue weighted by Gasteiger charge is 1.59. The topological polar surface area (TPSA) is 20.2 Å². The van der Waals surface area contributed by atoms with Crippen molar-refractivity contribution >= 4 is 15.9 Å². The molecule has 1 nitrogen and oxygen atoms in total. The minimum atomic E-state index is 0.472. The Morgan fingerprint density at radius 2 is 3.00 bits per heavy atom. The van der Waals surface area contributed by atoms with Gasteiger partial charge < -0.3 is 5.11 Å². The van der Waals surface area contributed by atoms with Gasteiger partial charge in [0.05, 0.1) is 6.61 Å². The summed E-state index contributed by atoms with van der Waals surface area (Å²) in [6.45, 7) is 0.472. The lowest BCUT2D eigenvalue weighted by molar-refractivity contribution is 0.324. The molecule has 0 unspecified atom stereocenters. The maximum absolute atomic E-state index is 6.07. The van der Waals surface area contributed by atoms with Crippen LogP contribution in [0.3, 0.4) is 0 Å². The van der Waals surface area contributed by atoms with Gasteiger partial charge in [-0.3, -0.25) is 0 Å². The molecule has 0 aromatic heterocycles. The van der Waals surface area contributed by atoms with Crippen LogP contribution in [0.2, 0.25) is 0 Å². The SMILES string of the molecule is [3H]OCCBr. The third-order valence-corrected chi connectivity index (χ3v) is 0.401. The Labute approximate surface area is 35.3 Å². The molecular weight excluding hydrogens is 120 g/mol. The van der Waals surface area contributed by atoms with Crippen molar-refractivity contribution < 1.29 is 5.11 Å². The van der Waals surface area contributed by atoms with Crippen LogP contribution in [0.15, 0.2) is 0 Å². The molecule has 0 heterocycles. The summed E-state index contributed by atoms with van der Waals surface area (Å²) >= 11 is 3.06. The monoisotopic (exact) mass is 126 g/mol. The lowest BCUT2D eigenvalue weighted by Gasteiger charge is -1.67. The van der Waals surface area contributed by atoms with Gasteiger partial charge in [0.25, 0.3) is 0 Å². The third kappa shape index (κ3) is 2.44. The highest BCUT2D eigenvalue weighted by atomic mass is 79.9. The Morgan fingerprint density at radius 1 is 2.25 bits per heavy atom. The number of hydrogen-bond acceptors (Lipinski definition) is 1. The van der Waals surface area contributed by atoms with E-state index in [1.54, 1.807) is 0 Å². The Morgan fingerprint density at radius 3 is 3.00 bits per heavy atom. The zero-order chi connectivity index (χ0) is 4.12. The molecule has 0 bridgehead atoms. The van der Waals surface area contributed by atoms with Crippen LogP contribution in [0.1, 0.15) is 0 Å². The Kier molecular flexibility index (Phi) is 2.29. The fourth-order valence-electron chi connectivity index (χ4n) is 0. The quantitative estimate of drug-likeness (QED) is 0.531. The molecule has 26 valence electrons. The predicted octanol–water partition coefficient (Wildman–Crippen LogP) is 0.374. The van der Waals surface area contributed by atoms with E-state index in [0.717, 1.165) is 5.33 Å². The Balaban J connectivity index is 2.19. The van der Waals surface area contributed by atoms with Gasteiger partial charge in [0.2, 0.25) is 1.43 Å². The average molecular weight is 127 g/mol.